The minimum atomic E-state index is -0.230. The molecule has 5 aromatic rings. The molecule has 182 valence electrons. The van der Waals surface area contributed by atoms with Crippen LogP contribution in [0.25, 0.3) is 37.1 Å². The van der Waals surface area contributed by atoms with E-state index < -0.39 is 0 Å². The maximum atomic E-state index is 11.6. The molecule has 10 heteroatoms. The van der Waals surface area contributed by atoms with Crippen LogP contribution >= 0.6 is 34.5 Å². The second-order valence-electron chi connectivity index (χ2n) is 8.03. The number of halogens is 2. The molecule has 0 atom stereocenters. The molecule has 37 heavy (non-hydrogen) atoms. The number of amides is 1. The zero-order chi connectivity index (χ0) is 25.9. The lowest BCUT2D eigenvalue weighted by Crippen LogP contribution is -2.07. The lowest BCUT2D eigenvalue weighted by molar-refractivity contribution is -0.114. The Bertz CT molecular complexity index is 1660. The van der Waals surface area contributed by atoms with Crippen LogP contribution in [0.3, 0.4) is 0 Å². The van der Waals surface area contributed by atoms with Crippen molar-refractivity contribution in [3.8, 4) is 32.3 Å². The van der Waals surface area contributed by atoms with E-state index in [0.29, 0.717) is 49.9 Å². The van der Waals surface area contributed by atoms with Crippen molar-refractivity contribution in [2.24, 2.45) is 0 Å². The largest absolute Gasteiger partial charge is 0.324 e. The number of nitrogens with zero attached hydrogens (tertiary/aromatic N) is 5. The number of carbonyl (C=O) groups excluding carboxylic acids is 1. The van der Waals surface area contributed by atoms with Gasteiger partial charge < -0.3 is 9.88 Å². The number of hydrogen-bond acceptors (Lipinski definition) is 5. The Morgan fingerprint density at radius 1 is 1.05 bits per heavy atom. The number of nitrogens with one attached hydrogen (secondary N) is 1. The van der Waals surface area contributed by atoms with Gasteiger partial charge in [0.15, 0.2) is 0 Å². The molecule has 0 bridgehead atoms. The second-order valence-corrected chi connectivity index (χ2v) is 9.89. The molecule has 0 aliphatic rings. The number of thiophene rings is 1. The van der Waals surface area contributed by atoms with Crippen LogP contribution in [-0.4, -0.2) is 25.4 Å². The average molecular weight is 545 g/mol. The van der Waals surface area contributed by atoms with E-state index in [9.17, 15) is 4.79 Å². The van der Waals surface area contributed by atoms with Gasteiger partial charge in [0.25, 0.3) is 0 Å². The van der Waals surface area contributed by atoms with Crippen LogP contribution in [0.2, 0.25) is 10.0 Å². The minimum Gasteiger partial charge on any atom is -0.324 e. The summed E-state index contributed by atoms with van der Waals surface area (Å²) in [5, 5.41) is 3.63. The first-order chi connectivity index (χ1) is 17.9. The molecule has 0 radical (unpaired) electrons. The van der Waals surface area contributed by atoms with E-state index >= 15 is 0 Å². The molecule has 4 aromatic heterocycles. The molecule has 0 saturated carbocycles. The van der Waals surface area contributed by atoms with Gasteiger partial charge in [-0.25, -0.2) is 14.8 Å². The summed E-state index contributed by atoms with van der Waals surface area (Å²) in [6.45, 7) is 10.0. The topological polar surface area (TPSA) is 77.1 Å². The number of aromatic nitrogens is 4. The Balaban J connectivity index is 1.74. The fraction of sp³-hybridized carbons (Fsp3) is 0.0741. The van der Waals surface area contributed by atoms with Crippen molar-refractivity contribution in [2.75, 3.05) is 5.32 Å². The molecule has 7 nitrogen and oxygen atoms in total. The highest BCUT2D eigenvalue weighted by Gasteiger charge is 2.26. The van der Waals surface area contributed by atoms with E-state index in [1.165, 1.54) is 18.3 Å². The van der Waals surface area contributed by atoms with E-state index in [4.69, 9.17) is 29.8 Å². The molecule has 4 heterocycles. The van der Waals surface area contributed by atoms with E-state index in [0.717, 1.165) is 16.1 Å². The number of imidazole rings is 1. The van der Waals surface area contributed by atoms with Gasteiger partial charge in [-0.15, -0.1) is 11.3 Å². The molecule has 1 N–H and O–H groups in total. The SMILES string of the molecule is [C-]#[N+]c1c(-c2ccnc(NC(C)=O)c2)sc(-c2nccn2Cc2ccccn2)c1-c1ccc(Cl)cc1Cl. The van der Waals surface area contributed by atoms with Gasteiger partial charge in [-0.05, 0) is 47.5 Å². The third-order valence-corrected chi connectivity index (χ3v) is 7.27. The van der Waals surface area contributed by atoms with Crippen LogP contribution in [0.5, 0.6) is 0 Å². The van der Waals surface area contributed by atoms with Crippen molar-refractivity contribution in [3.05, 3.63) is 100 Å². The van der Waals surface area contributed by atoms with Gasteiger partial charge >= 0.3 is 0 Å². The number of carbonyl (C=O) groups is 1. The normalized spacial score (nSPS) is 10.8. The van der Waals surface area contributed by atoms with Gasteiger partial charge in [0.05, 0.1) is 23.7 Å². The molecule has 5 rings (SSSR count). The number of pyridine rings is 2. The number of benzene rings is 1. The smallest absolute Gasteiger partial charge is 0.222 e. The molecule has 0 fully saturated rings. The molecular weight excluding hydrogens is 527 g/mol. The van der Waals surface area contributed by atoms with E-state index in [-0.39, 0.29) is 5.91 Å². The van der Waals surface area contributed by atoms with Crippen molar-refractivity contribution >= 4 is 52.0 Å². The van der Waals surface area contributed by atoms with Crippen LogP contribution in [-0.2, 0) is 11.3 Å². The fourth-order valence-electron chi connectivity index (χ4n) is 3.96. The summed E-state index contributed by atoms with van der Waals surface area (Å²) in [7, 11) is 0. The number of hydrogen-bond donors (Lipinski definition) is 1. The Hall–Kier alpha value is -4.03. The lowest BCUT2D eigenvalue weighted by atomic mass is 10.0. The maximum absolute atomic E-state index is 11.6. The molecule has 1 aromatic carbocycles. The summed E-state index contributed by atoms with van der Waals surface area (Å²) in [5.41, 5.74) is 3.40. The number of rotatable bonds is 6. The molecule has 0 aliphatic heterocycles. The van der Waals surface area contributed by atoms with Crippen molar-refractivity contribution in [3.63, 3.8) is 0 Å². The van der Waals surface area contributed by atoms with E-state index in [1.807, 2.05) is 41.1 Å². The first kappa shape index (κ1) is 24.7. The molecule has 1 amide bonds. The van der Waals surface area contributed by atoms with Gasteiger partial charge in [-0.3, -0.25) is 9.78 Å². The van der Waals surface area contributed by atoms with E-state index in [1.54, 1.807) is 36.8 Å². The van der Waals surface area contributed by atoms with Gasteiger partial charge in [-0.2, -0.15) is 0 Å². The molecule has 0 unspecified atom stereocenters. The highest BCUT2D eigenvalue weighted by molar-refractivity contribution is 7.20. The molecule has 0 saturated heterocycles. The van der Waals surface area contributed by atoms with Gasteiger partial charge in [0.2, 0.25) is 11.6 Å². The summed E-state index contributed by atoms with van der Waals surface area (Å²) in [6.07, 6.45) is 6.96. The average Bonchev–Trinajstić information content (AvgIpc) is 3.48. The molecule has 0 aliphatic carbocycles. The van der Waals surface area contributed by atoms with Crippen molar-refractivity contribution < 1.29 is 4.79 Å². The highest BCUT2D eigenvalue weighted by Crippen LogP contribution is 2.53. The summed E-state index contributed by atoms with van der Waals surface area (Å²) in [6, 6.07) is 14.5. The summed E-state index contributed by atoms with van der Waals surface area (Å²) >= 11 is 14.3. The van der Waals surface area contributed by atoms with Crippen LogP contribution in [0.4, 0.5) is 11.5 Å². The predicted molar refractivity (Wildman–Crippen MR) is 148 cm³/mol. The van der Waals surface area contributed by atoms with Gasteiger partial charge in [0.1, 0.15) is 11.6 Å². The summed E-state index contributed by atoms with van der Waals surface area (Å²) < 4.78 is 1.99. The van der Waals surface area contributed by atoms with Crippen LogP contribution in [0, 0.1) is 6.57 Å². The van der Waals surface area contributed by atoms with Crippen LogP contribution in [0.15, 0.2) is 73.3 Å². The Kier molecular flexibility index (Phi) is 7.01. The fourth-order valence-corrected chi connectivity index (χ4v) is 5.72. The first-order valence-electron chi connectivity index (χ1n) is 11.1. The van der Waals surface area contributed by atoms with Gasteiger partial charge in [-0.1, -0.05) is 35.3 Å². The monoisotopic (exact) mass is 544 g/mol. The summed E-state index contributed by atoms with van der Waals surface area (Å²) in [5.74, 6) is 0.856. The minimum absolute atomic E-state index is 0.230. The lowest BCUT2D eigenvalue weighted by Gasteiger charge is -2.10. The molecular formula is C27H18Cl2N6OS. The van der Waals surface area contributed by atoms with Crippen molar-refractivity contribution in [2.45, 2.75) is 13.5 Å². The number of anilines is 1. The van der Waals surface area contributed by atoms with E-state index in [2.05, 4.69) is 25.1 Å². The first-order valence-corrected chi connectivity index (χ1v) is 12.7. The Labute approximate surface area is 227 Å². The van der Waals surface area contributed by atoms with Crippen molar-refractivity contribution in [1.29, 1.82) is 0 Å². The summed E-state index contributed by atoms with van der Waals surface area (Å²) in [4.78, 5) is 30.3. The third-order valence-electron chi connectivity index (χ3n) is 5.50. The molecule has 0 spiro atoms. The quantitative estimate of drug-likeness (QED) is 0.223. The predicted octanol–water partition coefficient (Wildman–Crippen LogP) is 7.60. The zero-order valence-corrected chi connectivity index (χ0v) is 21.8. The van der Waals surface area contributed by atoms with Gasteiger partial charge in [0, 0.05) is 52.2 Å². The second kappa shape index (κ2) is 10.5. The standard InChI is InChI=1S/C27H18Cl2N6OS/c1-16(36)34-22-13-17(8-10-32-22)25-24(30-2)23(20-7-6-18(28)14-21(20)29)26(37-25)27-33-11-12-35(27)15-19-5-3-4-9-31-19/h3-14H,15H2,1H3,(H,32,34,36). The Morgan fingerprint density at radius 3 is 2.65 bits per heavy atom. The highest BCUT2D eigenvalue weighted by atomic mass is 35.5. The van der Waals surface area contributed by atoms with Crippen LogP contribution in [0.1, 0.15) is 12.6 Å². The van der Waals surface area contributed by atoms with Crippen LogP contribution < -0.4 is 5.32 Å². The third kappa shape index (κ3) is 5.11. The maximum Gasteiger partial charge on any atom is 0.222 e. The Morgan fingerprint density at radius 2 is 1.92 bits per heavy atom. The van der Waals surface area contributed by atoms with Crippen molar-refractivity contribution in [1.82, 2.24) is 19.5 Å². The zero-order valence-electron chi connectivity index (χ0n) is 19.4.